The second-order valence-electron chi connectivity index (χ2n) is 5.15. The predicted octanol–water partition coefficient (Wildman–Crippen LogP) is 2.48. The number of rotatable bonds is 4. The van der Waals surface area contributed by atoms with E-state index in [1.54, 1.807) is 0 Å². The van der Waals surface area contributed by atoms with Crippen molar-refractivity contribution in [3.05, 3.63) is 18.2 Å². The molecule has 1 saturated heterocycles. The van der Waals surface area contributed by atoms with Gasteiger partial charge in [0.15, 0.2) is 5.79 Å². The Balaban J connectivity index is 1.49. The maximum atomic E-state index is 12.7. The van der Waals surface area contributed by atoms with Crippen LogP contribution in [0.15, 0.2) is 12.4 Å². The lowest BCUT2D eigenvalue weighted by Crippen LogP contribution is -2.37. The van der Waals surface area contributed by atoms with E-state index in [1.807, 2.05) is 0 Å². The zero-order valence-corrected chi connectivity index (χ0v) is 11.1. The molecule has 0 unspecified atom stereocenters. The Morgan fingerprint density at radius 3 is 2.70 bits per heavy atom. The highest BCUT2D eigenvalue weighted by Crippen LogP contribution is 2.36. The molecule has 2 aliphatic rings. The molecular weight excluding hydrogens is 270 g/mol. The summed E-state index contributed by atoms with van der Waals surface area (Å²) in [5, 5.41) is 0. The number of alkyl halides is 2. The molecule has 2 heterocycles. The molecular formula is C13H18F2N2O3. The molecule has 0 N–H and O–H groups in total. The van der Waals surface area contributed by atoms with Gasteiger partial charge in [0.05, 0.1) is 19.3 Å². The molecule has 1 spiro atoms. The summed E-state index contributed by atoms with van der Waals surface area (Å²) < 4.78 is 43.1. The molecule has 3 rings (SSSR count). The standard InChI is InChI=1S/C13H18F2N2O3/c14-12(15)17-6-5-16-11(17)9-18-10-1-3-13(4-2-10)19-7-8-20-13/h5-6,10,12H,1-4,7-9H2. The SMILES string of the molecule is FC(F)n1ccnc1COC1CCC2(CC1)OCCO2. The van der Waals surface area contributed by atoms with Crippen molar-refractivity contribution in [1.29, 1.82) is 0 Å². The van der Waals surface area contributed by atoms with Crippen LogP contribution >= 0.6 is 0 Å². The van der Waals surface area contributed by atoms with Crippen LogP contribution in [0.2, 0.25) is 0 Å². The molecule has 0 amide bonds. The van der Waals surface area contributed by atoms with E-state index in [9.17, 15) is 8.78 Å². The number of imidazole rings is 1. The van der Waals surface area contributed by atoms with Crippen LogP contribution in [0.1, 0.15) is 38.1 Å². The third-order valence-corrected chi connectivity index (χ3v) is 3.92. The topological polar surface area (TPSA) is 45.5 Å². The van der Waals surface area contributed by atoms with Crippen LogP contribution in [0.3, 0.4) is 0 Å². The first kappa shape index (κ1) is 13.9. The van der Waals surface area contributed by atoms with Gasteiger partial charge in [-0.25, -0.2) is 4.98 Å². The summed E-state index contributed by atoms with van der Waals surface area (Å²) in [6.07, 6.45) is 5.89. The number of hydrogen-bond donors (Lipinski definition) is 0. The van der Waals surface area contributed by atoms with E-state index >= 15 is 0 Å². The Labute approximate surface area is 115 Å². The van der Waals surface area contributed by atoms with Crippen molar-refractivity contribution in [2.24, 2.45) is 0 Å². The van der Waals surface area contributed by atoms with Crippen molar-refractivity contribution < 1.29 is 23.0 Å². The largest absolute Gasteiger partial charge is 0.370 e. The van der Waals surface area contributed by atoms with Crippen LogP contribution < -0.4 is 0 Å². The zero-order chi connectivity index (χ0) is 14.0. The molecule has 0 aromatic carbocycles. The molecule has 1 aromatic rings. The van der Waals surface area contributed by atoms with Gasteiger partial charge in [-0.05, 0) is 12.8 Å². The van der Waals surface area contributed by atoms with Gasteiger partial charge in [0, 0.05) is 25.2 Å². The zero-order valence-electron chi connectivity index (χ0n) is 11.1. The first-order valence-corrected chi connectivity index (χ1v) is 6.88. The first-order chi connectivity index (χ1) is 9.69. The number of halogens is 2. The van der Waals surface area contributed by atoms with Crippen molar-refractivity contribution >= 4 is 0 Å². The Morgan fingerprint density at radius 1 is 1.35 bits per heavy atom. The van der Waals surface area contributed by atoms with Gasteiger partial charge in [-0.3, -0.25) is 4.57 Å². The number of ether oxygens (including phenoxy) is 3. The van der Waals surface area contributed by atoms with Gasteiger partial charge in [-0.2, -0.15) is 8.78 Å². The van der Waals surface area contributed by atoms with Crippen molar-refractivity contribution in [1.82, 2.24) is 9.55 Å². The molecule has 2 fully saturated rings. The summed E-state index contributed by atoms with van der Waals surface area (Å²) in [5.41, 5.74) is 0. The van der Waals surface area contributed by atoms with Crippen molar-refractivity contribution in [2.75, 3.05) is 13.2 Å². The summed E-state index contributed by atoms with van der Waals surface area (Å²) in [6.45, 7) is -1.17. The minimum atomic E-state index is -2.58. The average molecular weight is 288 g/mol. The predicted molar refractivity (Wildman–Crippen MR) is 65.2 cm³/mol. The van der Waals surface area contributed by atoms with Gasteiger partial charge in [0.25, 0.3) is 0 Å². The number of hydrogen-bond acceptors (Lipinski definition) is 4. The molecule has 1 saturated carbocycles. The first-order valence-electron chi connectivity index (χ1n) is 6.88. The van der Waals surface area contributed by atoms with E-state index in [2.05, 4.69) is 4.98 Å². The summed E-state index contributed by atoms with van der Waals surface area (Å²) in [6, 6.07) is 0. The highest BCUT2D eigenvalue weighted by molar-refractivity contribution is 4.91. The van der Waals surface area contributed by atoms with E-state index in [-0.39, 0.29) is 18.5 Å². The smallest absolute Gasteiger partial charge is 0.320 e. The van der Waals surface area contributed by atoms with E-state index in [4.69, 9.17) is 14.2 Å². The Kier molecular flexibility index (Phi) is 4.00. The van der Waals surface area contributed by atoms with E-state index < -0.39 is 12.3 Å². The molecule has 0 radical (unpaired) electrons. The van der Waals surface area contributed by atoms with Crippen LogP contribution in [-0.4, -0.2) is 34.7 Å². The Hall–Kier alpha value is -1.05. The highest BCUT2D eigenvalue weighted by atomic mass is 19.3. The van der Waals surface area contributed by atoms with Crippen molar-refractivity contribution in [3.63, 3.8) is 0 Å². The summed E-state index contributed by atoms with van der Waals surface area (Å²) >= 11 is 0. The maximum Gasteiger partial charge on any atom is 0.320 e. The lowest BCUT2D eigenvalue weighted by Gasteiger charge is -2.35. The van der Waals surface area contributed by atoms with Gasteiger partial charge >= 0.3 is 6.55 Å². The molecule has 5 nitrogen and oxygen atoms in total. The van der Waals surface area contributed by atoms with Gasteiger partial charge < -0.3 is 14.2 Å². The molecule has 7 heteroatoms. The normalized spacial score (nSPS) is 22.9. The van der Waals surface area contributed by atoms with Crippen LogP contribution in [0.4, 0.5) is 8.78 Å². The molecule has 1 aliphatic carbocycles. The fourth-order valence-electron chi connectivity index (χ4n) is 2.81. The van der Waals surface area contributed by atoms with Gasteiger partial charge in [-0.15, -0.1) is 0 Å². The van der Waals surface area contributed by atoms with Crippen LogP contribution in [0, 0.1) is 0 Å². The van der Waals surface area contributed by atoms with Crippen LogP contribution in [0.25, 0.3) is 0 Å². The highest BCUT2D eigenvalue weighted by Gasteiger charge is 2.40. The third-order valence-electron chi connectivity index (χ3n) is 3.92. The van der Waals surface area contributed by atoms with E-state index in [1.165, 1.54) is 12.4 Å². The van der Waals surface area contributed by atoms with Gasteiger partial charge in [-0.1, -0.05) is 0 Å². The fourth-order valence-corrected chi connectivity index (χ4v) is 2.81. The summed E-state index contributed by atoms with van der Waals surface area (Å²) in [7, 11) is 0. The molecule has 20 heavy (non-hydrogen) atoms. The maximum absolute atomic E-state index is 12.7. The summed E-state index contributed by atoms with van der Waals surface area (Å²) in [5.74, 6) is -0.157. The van der Waals surface area contributed by atoms with E-state index in [0.717, 1.165) is 30.3 Å². The average Bonchev–Trinajstić information content (AvgIpc) is 3.08. The molecule has 0 bridgehead atoms. The lowest BCUT2D eigenvalue weighted by atomic mass is 9.92. The van der Waals surface area contributed by atoms with Crippen molar-refractivity contribution in [3.8, 4) is 0 Å². The van der Waals surface area contributed by atoms with E-state index in [0.29, 0.717) is 13.2 Å². The number of nitrogens with zero attached hydrogens (tertiary/aromatic N) is 2. The van der Waals surface area contributed by atoms with Gasteiger partial charge in [0.1, 0.15) is 12.4 Å². The Morgan fingerprint density at radius 2 is 2.05 bits per heavy atom. The van der Waals surface area contributed by atoms with Crippen molar-refractivity contribution in [2.45, 2.75) is 50.7 Å². The quantitative estimate of drug-likeness (QED) is 0.854. The monoisotopic (exact) mass is 288 g/mol. The summed E-state index contributed by atoms with van der Waals surface area (Å²) in [4.78, 5) is 3.90. The second kappa shape index (κ2) is 5.75. The third kappa shape index (κ3) is 2.84. The van der Waals surface area contributed by atoms with Crippen LogP contribution in [0.5, 0.6) is 0 Å². The fraction of sp³-hybridized carbons (Fsp3) is 0.769. The molecule has 1 aliphatic heterocycles. The minimum Gasteiger partial charge on any atom is -0.370 e. The number of aromatic nitrogens is 2. The molecule has 0 atom stereocenters. The molecule has 112 valence electrons. The van der Waals surface area contributed by atoms with Crippen LogP contribution in [-0.2, 0) is 20.8 Å². The second-order valence-corrected chi connectivity index (χ2v) is 5.15. The minimum absolute atomic E-state index is 0.0521. The Bertz CT molecular complexity index is 437. The van der Waals surface area contributed by atoms with Gasteiger partial charge in [0.2, 0.25) is 0 Å². The molecule has 1 aromatic heterocycles. The lowest BCUT2D eigenvalue weighted by molar-refractivity contribution is -0.192.